The van der Waals surface area contributed by atoms with Crippen LogP contribution in [0.5, 0.6) is 0 Å². The van der Waals surface area contributed by atoms with Crippen molar-refractivity contribution in [3.8, 4) is 0 Å². The molecule has 5 heteroatoms. The lowest BCUT2D eigenvalue weighted by molar-refractivity contribution is 0.0513. The van der Waals surface area contributed by atoms with Gasteiger partial charge >= 0.3 is 5.97 Å². The van der Waals surface area contributed by atoms with E-state index in [2.05, 4.69) is 10.5 Å². The number of nitrogens with zero attached hydrogens (tertiary/aromatic N) is 1. The SMILES string of the molecule is CCOC(=O)c1noc2c1CNC2. The van der Waals surface area contributed by atoms with Gasteiger partial charge in [0.2, 0.25) is 0 Å². The molecule has 0 fully saturated rings. The number of hydrogen-bond donors (Lipinski definition) is 1. The molecule has 2 rings (SSSR count). The average Bonchev–Trinajstić information content (AvgIpc) is 2.62. The summed E-state index contributed by atoms with van der Waals surface area (Å²) in [6, 6.07) is 0. The van der Waals surface area contributed by atoms with Crippen molar-refractivity contribution < 1.29 is 14.1 Å². The van der Waals surface area contributed by atoms with Crippen molar-refractivity contribution in [1.82, 2.24) is 10.5 Å². The van der Waals surface area contributed by atoms with Crippen molar-refractivity contribution in [1.29, 1.82) is 0 Å². The lowest BCUT2D eigenvalue weighted by atomic mass is 10.2. The first-order valence-electron chi connectivity index (χ1n) is 4.18. The van der Waals surface area contributed by atoms with Crippen LogP contribution in [0.3, 0.4) is 0 Å². The number of hydrogen-bond acceptors (Lipinski definition) is 5. The van der Waals surface area contributed by atoms with Crippen molar-refractivity contribution >= 4 is 5.97 Å². The third-order valence-electron chi connectivity index (χ3n) is 1.93. The first-order chi connectivity index (χ1) is 6.33. The molecular weight excluding hydrogens is 172 g/mol. The molecule has 0 saturated heterocycles. The molecule has 0 radical (unpaired) electrons. The maximum Gasteiger partial charge on any atom is 0.360 e. The van der Waals surface area contributed by atoms with Gasteiger partial charge in [-0.15, -0.1) is 0 Å². The molecule has 13 heavy (non-hydrogen) atoms. The molecule has 1 aromatic heterocycles. The van der Waals surface area contributed by atoms with Crippen molar-refractivity contribution in [2.45, 2.75) is 20.0 Å². The van der Waals surface area contributed by atoms with E-state index in [0.717, 1.165) is 11.3 Å². The van der Waals surface area contributed by atoms with E-state index < -0.39 is 5.97 Å². The molecule has 5 nitrogen and oxygen atoms in total. The molecule has 0 amide bonds. The van der Waals surface area contributed by atoms with Gasteiger partial charge in [0.25, 0.3) is 0 Å². The molecule has 70 valence electrons. The second kappa shape index (κ2) is 3.18. The molecule has 1 aliphatic rings. The van der Waals surface area contributed by atoms with Crippen LogP contribution in [0.2, 0.25) is 0 Å². The predicted octanol–water partition coefficient (Wildman–Crippen LogP) is 0.455. The van der Waals surface area contributed by atoms with Crippen molar-refractivity contribution in [3.63, 3.8) is 0 Å². The van der Waals surface area contributed by atoms with Crippen LogP contribution in [0.15, 0.2) is 4.52 Å². The third kappa shape index (κ3) is 1.31. The molecular formula is C8H10N2O3. The first kappa shape index (κ1) is 8.25. The van der Waals surface area contributed by atoms with E-state index in [-0.39, 0.29) is 0 Å². The zero-order valence-electron chi connectivity index (χ0n) is 7.29. The van der Waals surface area contributed by atoms with Crippen LogP contribution in [0, 0.1) is 0 Å². The topological polar surface area (TPSA) is 64.4 Å². The lowest BCUT2D eigenvalue weighted by Gasteiger charge is -1.97. The van der Waals surface area contributed by atoms with Gasteiger partial charge in [0.15, 0.2) is 11.5 Å². The van der Waals surface area contributed by atoms with Crippen LogP contribution in [0.25, 0.3) is 0 Å². The number of nitrogens with one attached hydrogen (secondary N) is 1. The van der Waals surface area contributed by atoms with Gasteiger partial charge in [-0.2, -0.15) is 0 Å². The number of ether oxygens (including phenoxy) is 1. The van der Waals surface area contributed by atoms with Gasteiger partial charge in [-0.25, -0.2) is 4.79 Å². The zero-order valence-corrected chi connectivity index (χ0v) is 7.29. The fraction of sp³-hybridized carbons (Fsp3) is 0.500. The van der Waals surface area contributed by atoms with Crippen molar-refractivity contribution in [3.05, 3.63) is 17.0 Å². The van der Waals surface area contributed by atoms with Crippen molar-refractivity contribution in [2.24, 2.45) is 0 Å². The summed E-state index contributed by atoms with van der Waals surface area (Å²) in [5.74, 6) is 0.333. The Balaban J connectivity index is 2.26. The highest BCUT2D eigenvalue weighted by molar-refractivity contribution is 5.89. The normalized spacial score (nSPS) is 14.2. The minimum absolute atomic E-state index is 0.307. The lowest BCUT2D eigenvalue weighted by Crippen LogP contribution is -2.09. The molecule has 1 aromatic rings. The van der Waals surface area contributed by atoms with Gasteiger partial charge < -0.3 is 14.6 Å². The van der Waals surface area contributed by atoms with Crippen LogP contribution in [-0.4, -0.2) is 17.7 Å². The summed E-state index contributed by atoms with van der Waals surface area (Å²) in [7, 11) is 0. The number of esters is 1. The second-order valence-corrected chi connectivity index (χ2v) is 2.76. The molecule has 1 N–H and O–H groups in total. The van der Waals surface area contributed by atoms with Gasteiger partial charge in [0.05, 0.1) is 13.2 Å². The predicted molar refractivity (Wildman–Crippen MR) is 43.0 cm³/mol. The summed E-state index contributed by atoms with van der Waals surface area (Å²) in [5, 5.41) is 6.73. The number of rotatable bonds is 2. The minimum Gasteiger partial charge on any atom is -0.461 e. The Morgan fingerprint density at radius 3 is 3.31 bits per heavy atom. The van der Waals surface area contributed by atoms with Crippen LogP contribution >= 0.6 is 0 Å². The fourth-order valence-electron chi connectivity index (χ4n) is 1.33. The zero-order chi connectivity index (χ0) is 9.26. The van der Waals surface area contributed by atoms with E-state index in [1.165, 1.54) is 0 Å². The largest absolute Gasteiger partial charge is 0.461 e. The van der Waals surface area contributed by atoms with Gasteiger partial charge in [0, 0.05) is 12.1 Å². The molecule has 0 unspecified atom stereocenters. The molecule has 2 heterocycles. The van der Waals surface area contributed by atoms with Gasteiger partial charge in [-0.1, -0.05) is 5.16 Å². The molecule has 0 atom stereocenters. The average molecular weight is 182 g/mol. The Kier molecular flexibility index (Phi) is 2.02. The summed E-state index contributed by atoms with van der Waals surface area (Å²) in [6.45, 7) is 3.39. The molecule has 0 aliphatic carbocycles. The number of carbonyl (C=O) groups is 1. The van der Waals surface area contributed by atoms with E-state index in [9.17, 15) is 4.79 Å². The van der Waals surface area contributed by atoms with E-state index in [4.69, 9.17) is 9.26 Å². The van der Waals surface area contributed by atoms with E-state index >= 15 is 0 Å². The highest BCUT2D eigenvalue weighted by Gasteiger charge is 2.25. The smallest absolute Gasteiger partial charge is 0.360 e. The quantitative estimate of drug-likeness (QED) is 0.673. The second-order valence-electron chi connectivity index (χ2n) is 2.76. The molecule has 0 bridgehead atoms. The summed E-state index contributed by atoms with van der Waals surface area (Å²) in [6.07, 6.45) is 0. The monoisotopic (exact) mass is 182 g/mol. The number of fused-ring (bicyclic) bond motifs is 1. The Labute approximate surface area is 75.0 Å². The molecule has 0 saturated carbocycles. The first-order valence-corrected chi connectivity index (χ1v) is 4.18. The Bertz CT molecular complexity index is 332. The summed E-state index contributed by atoms with van der Waals surface area (Å²) < 4.78 is 9.78. The van der Waals surface area contributed by atoms with Crippen molar-refractivity contribution in [2.75, 3.05) is 6.61 Å². The maximum atomic E-state index is 11.3. The summed E-state index contributed by atoms with van der Waals surface area (Å²) in [5.41, 5.74) is 1.14. The highest BCUT2D eigenvalue weighted by Crippen LogP contribution is 2.19. The Morgan fingerprint density at radius 1 is 1.69 bits per heavy atom. The fourth-order valence-corrected chi connectivity index (χ4v) is 1.33. The van der Waals surface area contributed by atoms with E-state index in [0.29, 0.717) is 25.4 Å². The van der Waals surface area contributed by atoms with Gasteiger partial charge in [0.1, 0.15) is 0 Å². The van der Waals surface area contributed by atoms with E-state index in [1.807, 2.05) is 0 Å². The van der Waals surface area contributed by atoms with Gasteiger partial charge in [-0.05, 0) is 6.92 Å². The molecule has 1 aliphatic heterocycles. The standard InChI is InChI=1S/C8H10N2O3/c1-2-12-8(11)7-5-3-9-4-6(5)13-10-7/h9H,2-4H2,1H3. The number of aromatic nitrogens is 1. The highest BCUT2D eigenvalue weighted by atomic mass is 16.5. The Hall–Kier alpha value is -1.36. The number of carbonyl (C=O) groups excluding carboxylic acids is 1. The van der Waals surface area contributed by atoms with Crippen LogP contribution in [0.1, 0.15) is 28.7 Å². The van der Waals surface area contributed by atoms with Crippen LogP contribution in [-0.2, 0) is 17.8 Å². The van der Waals surface area contributed by atoms with E-state index in [1.54, 1.807) is 6.92 Å². The Morgan fingerprint density at radius 2 is 2.54 bits per heavy atom. The molecule has 0 aromatic carbocycles. The summed E-state index contributed by atoms with van der Waals surface area (Å²) >= 11 is 0. The summed E-state index contributed by atoms with van der Waals surface area (Å²) in [4.78, 5) is 11.3. The maximum absolute atomic E-state index is 11.3. The van der Waals surface area contributed by atoms with Crippen LogP contribution in [0.4, 0.5) is 0 Å². The van der Waals surface area contributed by atoms with Gasteiger partial charge in [-0.3, -0.25) is 0 Å². The molecule has 0 spiro atoms. The minimum atomic E-state index is -0.406. The third-order valence-corrected chi connectivity index (χ3v) is 1.93. The van der Waals surface area contributed by atoms with Crippen LogP contribution < -0.4 is 5.32 Å².